The Balaban J connectivity index is 1.69. The fourth-order valence-corrected chi connectivity index (χ4v) is 2.44. The second-order valence-corrected chi connectivity index (χ2v) is 5.44. The lowest BCUT2D eigenvalue weighted by atomic mass is 10.1. The number of hydrogen-bond acceptors (Lipinski definition) is 4. The van der Waals surface area contributed by atoms with Crippen LogP contribution in [0.15, 0.2) is 0 Å². The smallest absolute Gasteiger partial charge is 0.157 e. The zero-order chi connectivity index (χ0) is 12.1. The molecule has 0 spiro atoms. The zero-order valence-electron chi connectivity index (χ0n) is 9.84. The Hall–Kier alpha value is 0.120. The van der Waals surface area contributed by atoms with Crippen LogP contribution in [0, 0.1) is 0 Å². The molecule has 1 atom stereocenters. The summed E-state index contributed by atoms with van der Waals surface area (Å²) in [6.45, 7) is 4.01. The highest BCUT2D eigenvalue weighted by Gasteiger charge is 2.23. The molecule has 2 fully saturated rings. The lowest BCUT2D eigenvalue weighted by Gasteiger charge is -2.34. The molecule has 17 heavy (non-hydrogen) atoms. The van der Waals surface area contributed by atoms with Gasteiger partial charge in [-0.25, -0.2) is 0 Å². The van der Waals surface area contributed by atoms with Crippen molar-refractivity contribution >= 4 is 29.2 Å². The van der Waals surface area contributed by atoms with Gasteiger partial charge in [0.2, 0.25) is 0 Å². The molecule has 0 aliphatic carbocycles. The number of hydrogen-bond donors (Lipinski definition) is 1. The van der Waals surface area contributed by atoms with E-state index in [1.54, 1.807) is 0 Å². The third kappa shape index (κ3) is 4.37. The number of thiocarbonyl (C=S) groups is 1. The van der Waals surface area contributed by atoms with Crippen molar-refractivity contribution in [3.8, 4) is 0 Å². The Morgan fingerprint density at radius 2 is 1.94 bits per heavy atom. The van der Waals surface area contributed by atoms with E-state index in [4.69, 9.17) is 26.4 Å². The van der Waals surface area contributed by atoms with Crippen LogP contribution < -0.4 is 0 Å². The number of thiol groups is 1. The summed E-state index contributed by atoms with van der Waals surface area (Å²) < 4.78 is 17.4. The Bertz CT molecular complexity index is 259. The molecule has 2 aliphatic heterocycles. The van der Waals surface area contributed by atoms with Crippen molar-refractivity contribution in [3.05, 3.63) is 0 Å². The minimum Gasteiger partial charge on any atom is -0.375 e. The topological polar surface area (TPSA) is 30.9 Å². The highest BCUT2D eigenvalue weighted by Crippen LogP contribution is 2.17. The van der Waals surface area contributed by atoms with Gasteiger partial charge in [-0.15, -0.1) is 12.6 Å². The van der Waals surface area contributed by atoms with E-state index in [0.29, 0.717) is 4.32 Å². The van der Waals surface area contributed by atoms with Gasteiger partial charge in [0.15, 0.2) is 6.29 Å². The van der Waals surface area contributed by atoms with Crippen molar-refractivity contribution in [2.45, 2.75) is 31.7 Å². The summed E-state index contributed by atoms with van der Waals surface area (Å²) in [6, 6.07) is 0. The number of nitrogens with zero attached hydrogens (tertiary/aromatic N) is 1. The van der Waals surface area contributed by atoms with Crippen LogP contribution >= 0.6 is 24.8 Å². The van der Waals surface area contributed by atoms with E-state index in [2.05, 4.69) is 17.5 Å². The number of morpholine rings is 1. The minimum absolute atomic E-state index is 0.0503. The SMILES string of the molecule is S=C(S)N1CCOC(CCC2OCCCO2)C1. The fraction of sp³-hybridized carbons (Fsp3) is 0.909. The first-order valence-electron chi connectivity index (χ1n) is 6.08. The third-order valence-corrected chi connectivity index (χ3v) is 3.57. The van der Waals surface area contributed by atoms with Gasteiger partial charge in [-0.1, -0.05) is 12.2 Å². The van der Waals surface area contributed by atoms with Crippen molar-refractivity contribution in [2.75, 3.05) is 32.9 Å². The predicted molar refractivity (Wildman–Crippen MR) is 72.4 cm³/mol. The van der Waals surface area contributed by atoms with Crippen LogP contribution in [0.25, 0.3) is 0 Å². The van der Waals surface area contributed by atoms with Gasteiger partial charge < -0.3 is 19.1 Å². The molecule has 0 aromatic carbocycles. The molecule has 0 bridgehead atoms. The molecule has 1 unspecified atom stereocenters. The van der Waals surface area contributed by atoms with Gasteiger partial charge in [-0.05, 0) is 12.8 Å². The van der Waals surface area contributed by atoms with Crippen molar-refractivity contribution in [3.63, 3.8) is 0 Å². The molecule has 2 rings (SSSR count). The molecule has 4 nitrogen and oxygen atoms in total. The average molecular weight is 277 g/mol. The fourth-order valence-electron chi connectivity index (χ4n) is 2.09. The van der Waals surface area contributed by atoms with Crippen molar-refractivity contribution in [1.29, 1.82) is 0 Å². The van der Waals surface area contributed by atoms with Gasteiger partial charge >= 0.3 is 0 Å². The second-order valence-electron chi connectivity index (χ2n) is 4.32. The molecule has 0 aromatic heterocycles. The zero-order valence-corrected chi connectivity index (χ0v) is 11.5. The van der Waals surface area contributed by atoms with E-state index >= 15 is 0 Å². The minimum atomic E-state index is -0.0503. The first-order chi connectivity index (χ1) is 8.25. The van der Waals surface area contributed by atoms with Crippen LogP contribution in [-0.4, -0.2) is 54.5 Å². The maximum atomic E-state index is 5.70. The lowest BCUT2D eigenvalue weighted by Crippen LogP contribution is -2.44. The largest absolute Gasteiger partial charge is 0.375 e. The first-order valence-corrected chi connectivity index (χ1v) is 6.94. The van der Waals surface area contributed by atoms with Crippen LogP contribution in [0.5, 0.6) is 0 Å². The Kier molecular flexibility index (Phi) is 5.49. The highest BCUT2D eigenvalue weighted by atomic mass is 32.1. The van der Waals surface area contributed by atoms with Crippen LogP contribution in [0.4, 0.5) is 0 Å². The standard InChI is InChI=1S/C11H19NO3S2/c16-11(17)12-4-7-13-9(8-12)2-3-10-14-5-1-6-15-10/h9-10H,1-8H2,(H,16,17). The quantitative estimate of drug-likeness (QED) is 0.623. The summed E-state index contributed by atoms with van der Waals surface area (Å²) in [7, 11) is 0. The van der Waals surface area contributed by atoms with Gasteiger partial charge in [0.1, 0.15) is 4.32 Å². The normalized spacial score (nSPS) is 27.1. The van der Waals surface area contributed by atoms with Crippen molar-refractivity contribution in [1.82, 2.24) is 4.90 Å². The second kappa shape index (κ2) is 6.89. The highest BCUT2D eigenvalue weighted by molar-refractivity contribution is 8.10. The summed E-state index contributed by atoms with van der Waals surface area (Å²) in [5.74, 6) is 0. The summed E-state index contributed by atoms with van der Waals surface area (Å²) in [4.78, 5) is 2.08. The molecule has 0 saturated carbocycles. The summed E-state index contributed by atoms with van der Waals surface area (Å²) >= 11 is 9.27. The van der Waals surface area contributed by atoms with Gasteiger partial charge in [0.25, 0.3) is 0 Å². The monoisotopic (exact) mass is 277 g/mol. The van der Waals surface area contributed by atoms with Gasteiger partial charge in [-0.3, -0.25) is 0 Å². The number of rotatable bonds is 3. The van der Waals surface area contributed by atoms with Crippen molar-refractivity contribution < 1.29 is 14.2 Å². The van der Waals surface area contributed by atoms with E-state index in [0.717, 1.165) is 52.2 Å². The summed E-state index contributed by atoms with van der Waals surface area (Å²) in [5.41, 5.74) is 0. The van der Waals surface area contributed by atoms with Crippen LogP contribution in [-0.2, 0) is 14.2 Å². The van der Waals surface area contributed by atoms with E-state index in [-0.39, 0.29) is 12.4 Å². The Morgan fingerprint density at radius 1 is 1.18 bits per heavy atom. The molecular weight excluding hydrogens is 258 g/mol. The molecule has 2 aliphatic rings. The molecule has 0 N–H and O–H groups in total. The lowest BCUT2D eigenvalue weighted by molar-refractivity contribution is -0.185. The predicted octanol–water partition coefficient (Wildman–Crippen LogP) is 1.45. The van der Waals surface area contributed by atoms with Crippen LogP contribution in [0.3, 0.4) is 0 Å². The van der Waals surface area contributed by atoms with Crippen LogP contribution in [0.1, 0.15) is 19.3 Å². The molecule has 6 heteroatoms. The van der Waals surface area contributed by atoms with E-state index < -0.39 is 0 Å². The first kappa shape index (κ1) is 13.5. The van der Waals surface area contributed by atoms with Crippen molar-refractivity contribution in [2.24, 2.45) is 0 Å². The molecule has 0 amide bonds. The van der Waals surface area contributed by atoms with E-state index in [9.17, 15) is 0 Å². The average Bonchev–Trinajstić information content (AvgIpc) is 2.38. The number of ether oxygens (including phenoxy) is 3. The Labute approximate surface area is 113 Å². The van der Waals surface area contributed by atoms with Gasteiger partial charge in [0.05, 0.1) is 25.9 Å². The maximum Gasteiger partial charge on any atom is 0.157 e. The van der Waals surface area contributed by atoms with Crippen LogP contribution in [0.2, 0.25) is 0 Å². The summed E-state index contributed by atoms with van der Waals surface area (Å²) in [6.07, 6.45) is 2.99. The summed E-state index contributed by atoms with van der Waals surface area (Å²) in [5, 5.41) is 0. The van der Waals surface area contributed by atoms with E-state index in [1.165, 1.54) is 0 Å². The maximum absolute atomic E-state index is 5.70. The van der Waals surface area contributed by atoms with E-state index in [1.807, 2.05) is 0 Å². The molecular formula is C11H19NO3S2. The van der Waals surface area contributed by atoms with Gasteiger partial charge in [-0.2, -0.15) is 0 Å². The molecule has 0 aromatic rings. The molecule has 2 saturated heterocycles. The molecule has 2 heterocycles. The molecule has 0 radical (unpaired) electrons. The molecule has 98 valence electrons. The third-order valence-electron chi connectivity index (χ3n) is 3.03. The Morgan fingerprint density at radius 3 is 2.65 bits per heavy atom. The van der Waals surface area contributed by atoms with Gasteiger partial charge in [0, 0.05) is 19.5 Å².